The Morgan fingerprint density at radius 1 is 1.17 bits per heavy atom. The third-order valence-corrected chi connectivity index (χ3v) is 3.60. The third-order valence-electron chi connectivity index (χ3n) is 3.18. The molecule has 0 saturated carbocycles. The van der Waals surface area contributed by atoms with E-state index in [4.69, 9.17) is 11.6 Å². The van der Waals surface area contributed by atoms with E-state index < -0.39 is 0 Å². The van der Waals surface area contributed by atoms with Gasteiger partial charge in [0.2, 0.25) is 0 Å². The van der Waals surface area contributed by atoms with Gasteiger partial charge in [-0.3, -0.25) is 0 Å². The molecule has 0 spiro atoms. The maximum absolute atomic E-state index is 9.76. The molecule has 0 atom stereocenters. The van der Waals surface area contributed by atoms with Gasteiger partial charge in [0.05, 0.1) is 5.02 Å². The Morgan fingerprint density at radius 2 is 1.83 bits per heavy atom. The maximum Gasteiger partial charge on any atom is 0.162 e. The number of nitrogens with one attached hydrogen (secondary N) is 1. The fourth-order valence-corrected chi connectivity index (χ4v) is 2.35. The van der Waals surface area contributed by atoms with Crippen LogP contribution in [0.5, 0.6) is 17.2 Å². The summed E-state index contributed by atoms with van der Waals surface area (Å²) in [4.78, 5) is 2.24. The summed E-state index contributed by atoms with van der Waals surface area (Å²) < 4.78 is 0. The van der Waals surface area contributed by atoms with Crippen molar-refractivity contribution in [1.29, 1.82) is 0 Å². The quantitative estimate of drug-likeness (QED) is 0.486. The zero-order chi connectivity index (χ0) is 13.1. The van der Waals surface area contributed by atoms with E-state index in [0.717, 1.165) is 38.8 Å². The molecule has 0 unspecified atom stereocenters. The Bertz CT molecular complexity index is 408. The first kappa shape index (κ1) is 13.3. The van der Waals surface area contributed by atoms with Gasteiger partial charge in [0.15, 0.2) is 11.5 Å². The molecule has 1 heterocycles. The number of nitrogens with zero attached hydrogens (tertiary/aromatic N) is 1. The number of phenolic OH excluding ortho intramolecular Hbond substituents is 3. The van der Waals surface area contributed by atoms with Crippen molar-refractivity contribution in [2.24, 2.45) is 0 Å². The predicted octanol–water partition coefficient (Wildman–Crippen LogP) is 0.904. The highest BCUT2D eigenvalue weighted by Gasteiger charge is 2.17. The SMILES string of the molecule is Oc1cc(O)c(Cl)c(CCN2CCNCC2)c1O. The van der Waals surface area contributed by atoms with Gasteiger partial charge in [-0.15, -0.1) is 0 Å². The van der Waals surface area contributed by atoms with Gasteiger partial charge >= 0.3 is 0 Å². The van der Waals surface area contributed by atoms with Gasteiger partial charge < -0.3 is 25.5 Å². The van der Waals surface area contributed by atoms with Gasteiger partial charge in [-0.2, -0.15) is 0 Å². The first-order valence-electron chi connectivity index (χ1n) is 5.95. The van der Waals surface area contributed by atoms with Crippen LogP contribution in [-0.4, -0.2) is 52.9 Å². The highest BCUT2D eigenvalue weighted by Crippen LogP contribution is 2.40. The molecule has 18 heavy (non-hydrogen) atoms. The van der Waals surface area contributed by atoms with Gasteiger partial charge in [-0.05, 0) is 6.42 Å². The molecule has 1 aliphatic rings. The lowest BCUT2D eigenvalue weighted by Crippen LogP contribution is -2.44. The van der Waals surface area contributed by atoms with E-state index in [1.54, 1.807) is 0 Å². The summed E-state index contributed by atoms with van der Waals surface area (Å²) in [5.41, 5.74) is 0.396. The van der Waals surface area contributed by atoms with Crippen LogP contribution in [0.2, 0.25) is 5.02 Å². The van der Waals surface area contributed by atoms with Crippen LogP contribution in [0, 0.1) is 0 Å². The molecule has 2 rings (SSSR count). The molecule has 100 valence electrons. The van der Waals surface area contributed by atoms with Crippen molar-refractivity contribution in [2.75, 3.05) is 32.7 Å². The lowest BCUT2D eigenvalue weighted by Gasteiger charge is -2.27. The van der Waals surface area contributed by atoms with Crippen LogP contribution in [-0.2, 0) is 6.42 Å². The summed E-state index contributed by atoms with van der Waals surface area (Å²) in [5, 5.41) is 32.1. The molecule has 0 aromatic heterocycles. The van der Waals surface area contributed by atoms with E-state index in [0.29, 0.717) is 12.0 Å². The number of benzene rings is 1. The first-order chi connectivity index (χ1) is 8.59. The fraction of sp³-hybridized carbons (Fsp3) is 0.500. The largest absolute Gasteiger partial charge is 0.506 e. The Labute approximate surface area is 111 Å². The van der Waals surface area contributed by atoms with Gasteiger partial charge in [-0.1, -0.05) is 11.6 Å². The molecule has 1 fully saturated rings. The number of hydrogen-bond acceptors (Lipinski definition) is 5. The van der Waals surface area contributed by atoms with Crippen molar-refractivity contribution in [1.82, 2.24) is 10.2 Å². The minimum Gasteiger partial charge on any atom is -0.506 e. The number of halogens is 1. The van der Waals surface area contributed by atoms with Gasteiger partial charge in [-0.25, -0.2) is 0 Å². The summed E-state index contributed by atoms with van der Waals surface area (Å²) in [7, 11) is 0. The minimum atomic E-state index is -0.341. The molecule has 0 bridgehead atoms. The van der Waals surface area contributed by atoms with E-state index in [1.165, 1.54) is 0 Å². The number of phenols is 3. The molecular formula is C12H17ClN2O3. The van der Waals surface area contributed by atoms with E-state index in [1.807, 2.05) is 0 Å². The minimum absolute atomic E-state index is 0.112. The Kier molecular flexibility index (Phi) is 4.16. The van der Waals surface area contributed by atoms with Crippen LogP contribution >= 0.6 is 11.6 Å². The smallest absolute Gasteiger partial charge is 0.162 e. The topological polar surface area (TPSA) is 76.0 Å². The van der Waals surface area contributed by atoms with Crippen molar-refractivity contribution in [3.8, 4) is 17.2 Å². The van der Waals surface area contributed by atoms with E-state index >= 15 is 0 Å². The van der Waals surface area contributed by atoms with Crippen molar-refractivity contribution in [3.63, 3.8) is 0 Å². The Balaban J connectivity index is 2.08. The average Bonchev–Trinajstić information content (AvgIpc) is 2.38. The molecule has 1 aromatic rings. The van der Waals surface area contributed by atoms with Crippen LogP contribution in [0.1, 0.15) is 5.56 Å². The molecule has 0 aliphatic carbocycles. The summed E-state index contributed by atoms with van der Waals surface area (Å²) >= 11 is 5.94. The van der Waals surface area contributed by atoms with E-state index in [-0.39, 0.29) is 22.3 Å². The number of rotatable bonds is 3. The molecule has 0 radical (unpaired) electrons. The average molecular weight is 273 g/mol. The molecule has 1 aromatic carbocycles. The molecule has 1 saturated heterocycles. The number of piperazine rings is 1. The molecule has 0 amide bonds. The Morgan fingerprint density at radius 3 is 2.50 bits per heavy atom. The fourth-order valence-electron chi connectivity index (χ4n) is 2.11. The second-order valence-electron chi connectivity index (χ2n) is 4.40. The van der Waals surface area contributed by atoms with Crippen LogP contribution in [0.4, 0.5) is 0 Å². The normalized spacial score (nSPS) is 16.9. The van der Waals surface area contributed by atoms with E-state index in [9.17, 15) is 15.3 Å². The number of aromatic hydroxyl groups is 3. The maximum atomic E-state index is 9.76. The second kappa shape index (κ2) is 5.65. The van der Waals surface area contributed by atoms with E-state index in [2.05, 4.69) is 10.2 Å². The molecule has 6 heteroatoms. The highest BCUT2D eigenvalue weighted by atomic mass is 35.5. The second-order valence-corrected chi connectivity index (χ2v) is 4.78. The summed E-state index contributed by atoms with van der Waals surface area (Å²) in [6.07, 6.45) is 0.493. The summed E-state index contributed by atoms with van der Waals surface area (Å²) in [5.74, 6) is -0.789. The molecule has 1 aliphatic heterocycles. The Hall–Kier alpha value is -1.17. The van der Waals surface area contributed by atoms with Gasteiger partial charge in [0.25, 0.3) is 0 Å². The summed E-state index contributed by atoms with van der Waals surface area (Å²) in [6, 6.07) is 1.05. The molecule has 5 nitrogen and oxygen atoms in total. The standard InChI is InChI=1S/C12H17ClN2O3/c13-11-8(12(18)10(17)7-9(11)16)1-4-15-5-2-14-3-6-15/h7,14,16-18H,1-6H2. The van der Waals surface area contributed by atoms with Gasteiger partial charge in [0.1, 0.15) is 5.75 Å². The lowest BCUT2D eigenvalue weighted by atomic mass is 10.1. The first-order valence-corrected chi connectivity index (χ1v) is 6.32. The highest BCUT2D eigenvalue weighted by molar-refractivity contribution is 6.33. The molecule has 4 N–H and O–H groups in total. The zero-order valence-corrected chi connectivity index (χ0v) is 10.7. The zero-order valence-electron chi connectivity index (χ0n) is 9.99. The van der Waals surface area contributed by atoms with Crippen LogP contribution < -0.4 is 5.32 Å². The lowest BCUT2D eigenvalue weighted by molar-refractivity contribution is 0.243. The third kappa shape index (κ3) is 2.80. The van der Waals surface area contributed by atoms with Crippen molar-refractivity contribution in [2.45, 2.75) is 6.42 Å². The number of hydrogen-bond donors (Lipinski definition) is 4. The predicted molar refractivity (Wildman–Crippen MR) is 69.5 cm³/mol. The van der Waals surface area contributed by atoms with Crippen molar-refractivity contribution < 1.29 is 15.3 Å². The summed E-state index contributed by atoms with van der Waals surface area (Å²) in [6.45, 7) is 4.53. The molecular weight excluding hydrogens is 256 g/mol. The van der Waals surface area contributed by atoms with Crippen LogP contribution in [0.25, 0.3) is 0 Å². The van der Waals surface area contributed by atoms with Gasteiger partial charge in [0, 0.05) is 44.4 Å². The van der Waals surface area contributed by atoms with Crippen molar-refractivity contribution >= 4 is 11.6 Å². The van der Waals surface area contributed by atoms with Crippen LogP contribution in [0.15, 0.2) is 6.07 Å². The van der Waals surface area contributed by atoms with Crippen LogP contribution in [0.3, 0.4) is 0 Å². The monoisotopic (exact) mass is 272 g/mol. The van der Waals surface area contributed by atoms with Crippen molar-refractivity contribution in [3.05, 3.63) is 16.7 Å².